The van der Waals surface area contributed by atoms with E-state index in [0.29, 0.717) is 5.56 Å². The first-order valence-corrected chi connectivity index (χ1v) is 8.12. The summed E-state index contributed by atoms with van der Waals surface area (Å²) in [5.41, 5.74) is 2.49. The van der Waals surface area contributed by atoms with Gasteiger partial charge >= 0.3 is 0 Å². The van der Waals surface area contributed by atoms with Crippen molar-refractivity contribution >= 4 is 0 Å². The molecule has 0 heterocycles. The van der Waals surface area contributed by atoms with E-state index in [1.165, 1.54) is 0 Å². The van der Waals surface area contributed by atoms with Crippen molar-refractivity contribution in [1.82, 2.24) is 0 Å². The molecule has 0 amide bonds. The molecule has 0 aliphatic heterocycles. The Balaban J connectivity index is 2.26. The number of benzene rings is 3. The van der Waals surface area contributed by atoms with Gasteiger partial charge in [0.25, 0.3) is 0 Å². The molecule has 0 aliphatic carbocycles. The predicted molar refractivity (Wildman–Crippen MR) is 96.8 cm³/mol. The van der Waals surface area contributed by atoms with Crippen LogP contribution in [0.4, 0.5) is 0 Å². The second-order valence-corrected chi connectivity index (χ2v) is 6.21. The van der Waals surface area contributed by atoms with E-state index in [1.54, 1.807) is 0 Å². The Bertz CT molecular complexity index is 779. The fraction of sp³-hybridized carbons (Fsp3) is 0.182. The molecule has 3 aromatic rings. The Labute approximate surface area is 143 Å². The molecule has 0 saturated carbocycles. The zero-order valence-corrected chi connectivity index (χ0v) is 14.0. The van der Waals surface area contributed by atoms with Crippen LogP contribution in [0.1, 0.15) is 33.9 Å². The number of aryl methyl sites for hydroxylation is 2. The van der Waals surface area contributed by atoms with Gasteiger partial charge in [0.05, 0.1) is 0 Å². The summed E-state index contributed by atoms with van der Waals surface area (Å²) >= 11 is 0. The standard InChI is InChI=1S/C22H22O2/c1-16-10-6-8-14-19(16)22(24,20-15-9-7-11-17(20)2)21(23)18-12-4-3-5-13-18/h3-15,21,23-24H,1-2H3. The second kappa shape index (κ2) is 6.60. The highest BCUT2D eigenvalue weighted by molar-refractivity contribution is 5.46. The minimum absolute atomic E-state index is 0.687. The number of hydrogen-bond acceptors (Lipinski definition) is 2. The highest BCUT2D eigenvalue weighted by Gasteiger charge is 2.42. The van der Waals surface area contributed by atoms with Crippen LogP contribution in [0.3, 0.4) is 0 Å². The van der Waals surface area contributed by atoms with Gasteiger partial charge in [0.15, 0.2) is 0 Å². The molecule has 2 heteroatoms. The number of rotatable bonds is 4. The first-order valence-electron chi connectivity index (χ1n) is 8.12. The third kappa shape index (κ3) is 2.75. The lowest BCUT2D eigenvalue weighted by atomic mass is 9.76. The molecule has 0 spiro atoms. The number of aliphatic hydroxyl groups is 2. The van der Waals surface area contributed by atoms with Gasteiger partial charge in [0, 0.05) is 0 Å². The van der Waals surface area contributed by atoms with E-state index in [2.05, 4.69) is 0 Å². The van der Waals surface area contributed by atoms with Gasteiger partial charge in [-0.2, -0.15) is 0 Å². The SMILES string of the molecule is Cc1ccccc1C(O)(c1ccccc1C)C(O)c1ccccc1. The Kier molecular flexibility index (Phi) is 4.52. The van der Waals surface area contributed by atoms with Crippen LogP contribution in [0.5, 0.6) is 0 Å². The molecular weight excluding hydrogens is 296 g/mol. The van der Waals surface area contributed by atoms with Gasteiger partial charge in [-0.05, 0) is 41.7 Å². The van der Waals surface area contributed by atoms with E-state index in [4.69, 9.17) is 0 Å². The van der Waals surface area contributed by atoms with Crippen molar-refractivity contribution in [1.29, 1.82) is 0 Å². The third-order valence-corrected chi connectivity index (χ3v) is 4.62. The molecule has 0 aliphatic rings. The fourth-order valence-corrected chi connectivity index (χ4v) is 3.32. The Morgan fingerprint density at radius 3 is 1.54 bits per heavy atom. The minimum atomic E-state index is -1.52. The van der Waals surface area contributed by atoms with E-state index in [-0.39, 0.29) is 0 Å². The van der Waals surface area contributed by atoms with Crippen LogP contribution in [-0.2, 0) is 5.60 Å². The smallest absolute Gasteiger partial charge is 0.145 e. The van der Waals surface area contributed by atoms with Crippen molar-refractivity contribution in [3.05, 3.63) is 107 Å². The summed E-state index contributed by atoms with van der Waals surface area (Å²) in [4.78, 5) is 0. The predicted octanol–water partition coefficient (Wildman–Crippen LogP) is 4.27. The van der Waals surface area contributed by atoms with Gasteiger partial charge < -0.3 is 10.2 Å². The molecule has 1 atom stereocenters. The summed E-state index contributed by atoms with van der Waals surface area (Å²) < 4.78 is 0. The quantitative estimate of drug-likeness (QED) is 0.754. The maximum Gasteiger partial charge on any atom is 0.145 e. The summed E-state index contributed by atoms with van der Waals surface area (Å²) in [5, 5.41) is 22.9. The van der Waals surface area contributed by atoms with Crippen LogP contribution in [0.2, 0.25) is 0 Å². The van der Waals surface area contributed by atoms with E-state index in [9.17, 15) is 10.2 Å². The first-order chi connectivity index (χ1) is 11.5. The van der Waals surface area contributed by atoms with Crippen LogP contribution in [0.25, 0.3) is 0 Å². The average molecular weight is 318 g/mol. The normalized spacial score (nSPS) is 12.8. The van der Waals surface area contributed by atoms with Gasteiger partial charge in [0.1, 0.15) is 11.7 Å². The first kappa shape index (κ1) is 16.4. The van der Waals surface area contributed by atoms with Gasteiger partial charge in [-0.3, -0.25) is 0 Å². The topological polar surface area (TPSA) is 40.5 Å². The lowest BCUT2D eigenvalue weighted by molar-refractivity contribution is -0.0525. The summed E-state index contributed by atoms with van der Waals surface area (Å²) in [7, 11) is 0. The molecule has 0 aromatic heterocycles. The molecule has 122 valence electrons. The van der Waals surface area contributed by atoms with Gasteiger partial charge in [0.2, 0.25) is 0 Å². The van der Waals surface area contributed by atoms with Crippen molar-refractivity contribution in [2.45, 2.75) is 25.6 Å². The Hall–Kier alpha value is -2.42. The zero-order valence-electron chi connectivity index (χ0n) is 14.0. The molecule has 0 saturated heterocycles. The molecule has 3 aromatic carbocycles. The van der Waals surface area contributed by atoms with Crippen LogP contribution < -0.4 is 0 Å². The van der Waals surface area contributed by atoms with E-state index in [1.807, 2.05) is 92.7 Å². The molecule has 0 radical (unpaired) electrons. The molecule has 3 rings (SSSR count). The van der Waals surface area contributed by atoms with Crippen molar-refractivity contribution in [2.24, 2.45) is 0 Å². The fourth-order valence-electron chi connectivity index (χ4n) is 3.32. The van der Waals surface area contributed by atoms with E-state index < -0.39 is 11.7 Å². The average Bonchev–Trinajstić information content (AvgIpc) is 2.62. The van der Waals surface area contributed by atoms with Crippen LogP contribution in [-0.4, -0.2) is 10.2 Å². The maximum absolute atomic E-state index is 11.8. The Morgan fingerprint density at radius 2 is 1.08 bits per heavy atom. The molecule has 2 nitrogen and oxygen atoms in total. The lowest BCUT2D eigenvalue weighted by Gasteiger charge is -2.36. The highest BCUT2D eigenvalue weighted by Crippen LogP contribution is 2.43. The van der Waals surface area contributed by atoms with Crippen molar-refractivity contribution in [2.75, 3.05) is 0 Å². The largest absolute Gasteiger partial charge is 0.385 e. The Morgan fingerprint density at radius 1 is 0.667 bits per heavy atom. The van der Waals surface area contributed by atoms with Crippen molar-refractivity contribution in [3.8, 4) is 0 Å². The van der Waals surface area contributed by atoms with Gasteiger partial charge in [-0.1, -0.05) is 78.9 Å². The third-order valence-electron chi connectivity index (χ3n) is 4.62. The number of hydrogen-bond donors (Lipinski definition) is 2. The van der Waals surface area contributed by atoms with E-state index >= 15 is 0 Å². The summed E-state index contributed by atoms with van der Waals surface area (Å²) in [6, 6.07) is 24.7. The van der Waals surface area contributed by atoms with Crippen LogP contribution >= 0.6 is 0 Å². The van der Waals surface area contributed by atoms with Crippen LogP contribution in [0.15, 0.2) is 78.9 Å². The summed E-state index contributed by atoms with van der Waals surface area (Å²) in [6.45, 7) is 3.91. The van der Waals surface area contributed by atoms with Crippen molar-refractivity contribution < 1.29 is 10.2 Å². The van der Waals surface area contributed by atoms with Crippen LogP contribution in [0, 0.1) is 13.8 Å². The molecule has 0 fully saturated rings. The molecular formula is C22H22O2. The zero-order chi connectivity index (χ0) is 17.2. The molecule has 2 N–H and O–H groups in total. The van der Waals surface area contributed by atoms with E-state index in [0.717, 1.165) is 22.3 Å². The highest BCUT2D eigenvalue weighted by atomic mass is 16.3. The van der Waals surface area contributed by atoms with Gasteiger partial charge in [-0.25, -0.2) is 0 Å². The summed E-state index contributed by atoms with van der Waals surface area (Å²) in [6.07, 6.45) is -1.07. The molecule has 24 heavy (non-hydrogen) atoms. The van der Waals surface area contributed by atoms with Gasteiger partial charge in [-0.15, -0.1) is 0 Å². The number of aliphatic hydroxyl groups excluding tert-OH is 1. The molecule has 0 bridgehead atoms. The summed E-state index contributed by atoms with van der Waals surface area (Å²) in [5.74, 6) is 0. The molecule has 1 unspecified atom stereocenters. The monoisotopic (exact) mass is 318 g/mol. The van der Waals surface area contributed by atoms with Crippen molar-refractivity contribution in [3.63, 3.8) is 0 Å². The second-order valence-electron chi connectivity index (χ2n) is 6.21. The minimum Gasteiger partial charge on any atom is -0.385 e. The maximum atomic E-state index is 11.8. The lowest BCUT2D eigenvalue weighted by Crippen LogP contribution is -2.36.